The van der Waals surface area contributed by atoms with Gasteiger partial charge in [0.1, 0.15) is 6.33 Å². The molecule has 0 radical (unpaired) electrons. The highest BCUT2D eigenvalue weighted by Crippen LogP contribution is 2.34. The molecule has 0 bridgehead atoms. The predicted octanol–water partition coefficient (Wildman–Crippen LogP) is 3.56. The number of hydrogen-bond donors (Lipinski definition) is 1. The van der Waals surface area contributed by atoms with Gasteiger partial charge in [0.2, 0.25) is 0 Å². The van der Waals surface area contributed by atoms with Crippen LogP contribution in [-0.4, -0.2) is 22.5 Å². The van der Waals surface area contributed by atoms with E-state index in [-0.39, 0.29) is 15.7 Å². The lowest BCUT2D eigenvalue weighted by molar-refractivity contribution is -0.142. The maximum atomic E-state index is 13.2. The fourth-order valence-electron chi connectivity index (χ4n) is 1.73. The van der Waals surface area contributed by atoms with Crippen molar-refractivity contribution in [3.05, 3.63) is 46.0 Å². The number of nitrogens with one attached hydrogen (secondary N) is 1. The van der Waals surface area contributed by atoms with Gasteiger partial charge in [0.15, 0.2) is 11.4 Å². The number of rotatable bonds is 2. The zero-order chi connectivity index (χ0) is 15.8. The topological polar surface area (TPSA) is 46.9 Å². The summed E-state index contributed by atoms with van der Waals surface area (Å²) in [4.78, 5) is 15.0. The Morgan fingerprint density at radius 1 is 1.29 bits per heavy atom. The van der Waals surface area contributed by atoms with E-state index in [9.17, 15) is 18.0 Å². The minimum atomic E-state index is -4.76. The van der Waals surface area contributed by atoms with Gasteiger partial charge in [-0.15, -0.1) is 0 Å². The van der Waals surface area contributed by atoms with E-state index in [2.05, 4.69) is 10.3 Å². The molecular weight excluding hydrogens is 330 g/mol. The van der Waals surface area contributed by atoms with Crippen molar-refractivity contribution in [3.8, 4) is 5.69 Å². The largest absolute Gasteiger partial charge is 0.434 e. The molecule has 112 valence electrons. The Bertz CT molecular complexity index is 698. The SMILES string of the molecule is CNC(=O)c1ncn(-c2ccc(Cl)c(Cl)c2)c1C(F)(F)F. The molecule has 21 heavy (non-hydrogen) atoms. The Morgan fingerprint density at radius 2 is 1.95 bits per heavy atom. The van der Waals surface area contributed by atoms with E-state index in [1.54, 1.807) is 0 Å². The van der Waals surface area contributed by atoms with Crippen LogP contribution in [0.25, 0.3) is 5.69 Å². The molecule has 0 atom stereocenters. The quantitative estimate of drug-likeness (QED) is 0.910. The number of carbonyl (C=O) groups excluding carboxylic acids is 1. The molecule has 0 aliphatic carbocycles. The van der Waals surface area contributed by atoms with E-state index < -0.39 is 23.5 Å². The second kappa shape index (κ2) is 5.57. The number of carbonyl (C=O) groups is 1. The van der Waals surface area contributed by atoms with Crippen LogP contribution in [0.5, 0.6) is 0 Å². The number of benzene rings is 1. The van der Waals surface area contributed by atoms with Gasteiger partial charge in [-0.25, -0.2) is 4.98 Å². The fourth-order valence-corrected chi connectivity index (χ4v) is 2.03. The van der Waals surface area contributed by atoms with Crippen LogP contribution in [0, 0.1) is 0 Å². The van der Waals surface area contributed by atoms with Gasteiger partial charge >= 0.3 is 6.18 Å². The number of nitrogens with zero attached hydrogens (tertiary/aromatic N) is 2. The van der Waals surface area contributed by atoms with E-state index in [1.807, 2.05) is 0 Å². The summed E-state index contributed by atoms with van der Waals surface area (Å²) < 4.78 is 40.4. The van der Waals surface area contributed by atoms with Gasteiger partial charge in [-0.3, -0.25) is 9.36 Å². The Kier molecular flexibility index (Phi) is 4.15. The first-order valence-electron chi connectivity index (χ1n) is 5.57. The van der Waals surface area contributed by atoms with E-state index in [4.69, 9.17) is 23.2 Å². The third-order valence-electron chi connectivity index (χ3n) is 2.66. The van der Waals surface area contributed by atoms with E-state index in [0.717, 1.165) is 10.9 Å². The average Bonchev–Trinajstić information content (AvgIpc) is 2.85. The number of halogens is 5. The molecular formula is C12H8Cl2F3N3O. The molecule has 0 aliphatic heterocycles. The first-order valence-corrected chi connectivity index (χ1v) is 6.33. The minimum Gasteiger partial charge on any atom is -0.354 e. The Labute approximate surface area is 127 Å². The first-order chi connectivity index (χ1) is 9.75. The van der Waals surface area contributed by atoms with Gasteiger partial charge in [0.05, 0.1) is 10.0 Å². The molecule has 1 heterocycles. The molecule has 9 heteroatoms. The molecule has 2 rings (SSSR count). The monoisotopic (exact) mass is 337 g/mol. The molecule has 1 amide bonds. The number of hydrogen-bond acceptors (Lipinski definition) is 2. The smallest absolute Gasteiger partial charge is 0.354 e. The Balaban J connectivity index is 2.66. The summed E-state index contributed by atoms with van der Waals surface area (Å²) in [6.45, 7) is 0. The number of imidazole rings is 1. The highest BCUT2D eigenvalue weighted by Gasteiger charge is 2.40. The summed E-state index contributed by atoms with van der Waals surface area (Å²) in [6, 6.07) is 3.96. The van der Waals surface area contributed by atoms with Gasteiger partial charge in [-0.2, -0.15) is 13.2 Å². The summed E-state index contributed by atoms with van der Waals surface area (Å²) in [7, 11) is 1.22. The predicted molar refractivity (Wildman–Crippen MR) is 72.0 cm³/mol. The van der Waals surface area contributed by atoms with Crippen LogP contribution < -0.4 is 5.32 Å². The summed E-state index contributed by atoms with van der Waals surface area (Å²) in [5.41, 5.74) is -1.80. The fraction of sp³-hybridized carbons (Fsp3) is 0.167. The van der Waals surface area contributed by atoms with E-state index >= 15 is 0 Å². The van der Waals surface area contributed by atoms with Crippen LogP contribution in [0.1, 0.15) is 16.2 Å². The van der Waals surface area contributed by atoms with Gasteiger partial charge in [0, 0.05) is 12.7 Å². The van der Waals surface area contributed by atoms with Crippen LogP contribution in [-0.2, 0) is 6.18 Å². The van der Waals surface area contributed by atoms with Gasteiger partial charge in [-0.05, 0) is 18.2 Å². The van der Waals surface area contributed by atoms with E-state index in [0.29, 0.717) is 0 Å². The van der Waals surface area contributed by atoms with Crippen molar-refractivity contribution in [2.75, 3.05) is 7.05 Å². The molecule has 0 spiro atoms. The highest BCUT2D eigenvalue weighted by molar-refractivity contribution is 6.42. The number of aromatic nitrogens is 2. The molecule has 2 aromatic rings. The summed E-state index contributed by atoms with van der Waals surface area (Å²) in [5, 5.41) is 2.42. The van der Waals surface area contributed by atoms with Crippen molar-refractivity contribution in [1.82, 2.24) is 14.9 Å². The molecule has 0 saturated carbocycles. The second-order valence-corrected chi connectivity index (χ2v) is 4.80. The summed E-state index contributed by atoms with van der Waals surface area (Å²) in [5.74, 6) is -0.930. The lowest BCUT2D eigenvalue weighted by Crippen LogP contribution is -2.24. The zero-order valence-electron chi connectivity index (χ0n) is 10.5. The van der Waals surface area contributed by atoms with Crippen molar-refractivity contribution >= 4 is 29.1 Å². The van der Waals surface area contributed by atoms with Crippen LogP contribution in [0.4, 0.5) is 13.2 Å². The molecule has 0 unspecified atom stereocenters. The maximum absolute atomic E-state index is 13.2. The van der Waals surface area contributed by atoms with Crippen LogP contribution in [0.2, 0.25) is 10.0 Å². The third-order valence-corrected chi connectivity index (χ3v) is 3.40. The number of alkyl halides is 3. The highest BCUT2D eigenvalue weighted by atomic mass is 35.5. The molecule has 1 aromatic carbocycles. The van der Waals surface area contributed by atoms with Gasteiger partial charge in [0.25, 0.3) is 5.91 Å². The first kappa shape index (κ1) is 15.7. The zero-order valence-corrected chi connectivity index (χ0v) is 12.0. The second-order valence-electron chi connectivity index (χ2n) is 3.99. The standard InChI is InChI=1S/C12H8Cl2F3N3O/c1-18-11(21)9-10(12(15,16)17)20(5-19-9)6-2-3-7(13)8(14)4-6/h2-5H,1H3,(H,18,21). The minimum absolute atomic E-state index is 0.0949. The average molecular weight is 338 g/mol. The lowest BCUT2D eigenvalue weighted by Gasteiger charge is -2.13. The number of amides is 1. The van der Waals surface area contributed by atoms with E-state index in [1.165, 1.54) is 25.2 Å². The summed E-state index contributed by atoms with van der Waals surface area (Å²) in [6.07, 6.45) is -3.85. The molecule has 0 saturated heterocycles. The van der Waals surface area contributed by atoms with Crippen LogP contribution >= 0.6 is 23.2 Å². The molecule has 0 fully saturated rings. The molecule has 0 aliphatic rings. The van der Waals surface area contributed by atoms with Crippen LogP contribution in [0.3, 0.4) is 0 Å². The normalized spacial score (nSPS) is 11.5. The van der Waals surface area contributed by atoms with Crippen molar-refractivity contribution in [2.45, 2.75) is 6.18 Å². The van der Waals surface area contributed by atoms with Crippen molar-refractivity contribution in [2.24, 2.45) is 0 Å². The maximum Gasteiger partial charge on any atom is 0.434 e. The van der Waals surface area contributed by atoms with Gasteiger partial charge in [-0.1, -0.05) is 23.2 Å². The lowest BCUT2D eigenvalue weighted by atomic mass is 10.2. The Morgan fingerprint density at radius 3 is 2.48 bits per heavy atom. The van der Waals surface area contributed by atoms with Crippen LogP contribution in [0.15, 0.2) is 24.5 Å². The summed E-state index contributed by atoms with van der Waals surface area (Å²) >= 11 is 11.5. The Hall–Kier alpha value is -1.73. The van der Waals surface area contributed by atoms with Crippen molar-refractivity contribution < 1.29 is 18.0 Å². The molecule has 1 aromatic heterocycles. The molecule has 4 nitrogen and oxygen atoms in total. The van der Waals surface area contributed by atoms with Crippen molar-refractivity contribution in [3.63, 3.8) is 0 Å². The van der Waals surface area contributed by atoms with Crippen molar-refractivity contribution in [1.29, 1.82) is 0 Å². The third kappa shape index (κ3) is 2.98. The molecule has 1 N–H and O–H groups in total. The van der Waals surface area contributed by atoms with Gasteiger partial charge < -0.3 is 5.32 Å².